The molecule has 1 aromatic carbocycles. The fraction of sp³-hybridized carbons (Fsp3) is 0.421. The molecule has 0 bridgehead atoms. The minimum atomic E-state index is -4.64. The van der Waals surface area contributed by atoms with E-state index in [4.69, 9.17) is 4.52 Å². The van der Waals surface area contributed by atoms with Crippen molar-refractivity contribution < 1.29 is 22.5 Å². The molecule has 11 heteroatoms. The maximum absolute atomic E-state index is 14.1. The fourth-order valence-corrected chi connectivity index (χ4v) is 3.60. The number of carbonyl (C=O) groups excluding carboxylic acids is 1. The highest BCUT2D eigenvalue weighted by atomic mass is 19.4. The van der Waals surface area contributed by atoms with Gasteiger partial charge < -0.3 is 9.42 Å². The van der Waals surface area contributed by atoms with Gasteiger partial charge in [0.1, 0.15) is 0 Å². The van der Waals surface area contributed by atoms with E-state index in [1.54, 1.807) is 36.5 Å². The van der Waals surface area contributed by atoms with E-state index >= 15 is 0 Å². The Labute approximate surface area is 169 Å². The SMILES string of the molecule is O=C(CCCc1cn[nH]n1)N1CCC(c2nc(-c3ccccc3)no2)(C(F)(F)F)C1. The van der Waals surface area contributed by atoms with Crippen LogP contribution in [0, 0.1) is 0 Å². The van der Waals surface area contributed by atoms with E-state index in [2.05, 4.69) is 25.6 Å². The third-order valence-corrected chi connectivity index (χ3v) is 5.32. The van der Waals surface area contributed by atoms with Crippen LogP contribution >= 0.6 is 0 Å². The molecule has 0 saturated carbocycles. The van der Waals surface area contributed by atoms with Crippen LogP contribution in [0.2, 0.25) is 0 Å². The largest absolute Gasteiger partial charge is 0.405 e. The maximum Gasteiger partial charge on any atom is 0.405 e. The highest BCUT2D eigenvalue weighted by molar-refractivity contribution is 5.76. The molecule has 30 heavy (non-hydrogen) atoms. The van der Waals surface area contributed by atoms with Crippen LogP contribution in [0.5, 0.6) is 0 Å². The van der Waals surface area contributed by atoms with E-state index < -0.39 is 24.0 Å². The van der Waals surface area contributed by atoms with Crippen molar-refractivity contribution in [2.24, 2.45) is 0 Å². The number of hydrogen-bond acceptors (Lipinski definition) is 6. The van der Waals surface area contributed by atoms with Gasteiger partial charge in [0.2, 0.25) is 17.6 Å². The van der Waals surface area contributed by atoms with Crippen LogP contribution in [-0.2, 0) is 16.6 Å². The smallest absolute Gasteiger partial charge is 0.341 e. The van der Waals surface area contributed by atoms with E-state index in [1.165, 1.54) is 4.90 Å². The first-order valence-corrected chi connectivity index (χ1v) is 9.48. The van der Waals surface area contributed by atoms with Gasteiger partial charge in [0.05, 0.1) is 11.9 Å². The van der Waals surface area contributed by atoms with Gasteiger partial charge in [-0.15, -0.1) is 0 Å². The Balaban J connectivity index is 1.48. The number of likely N-dealkylation sites (tertiary alicyclic amines) is 1. The number of nitrogens with zero attached hydrogens (tertiary/aromatic N) is 5. The number of amides is 1. The standard InChI is InChI=1S/C19H19F3N6O2/c20-19(21,22)18(17-24-16(26-30-17)13-5-2-1-3-6-13)9-10-28(12-18)15(29)8-4-7-14-11-23-27-25-14/h1-3,5-6,11H,4,7-10,12H2,(H,23,25,27). The Morgan fingerprint density at radius 1 is 1.27 bits per heavy atom. The first-order valence-electron chi connectivity index (χ1n) is 9.48. The molecule has 158 valence electrons. The van der Waals surface area contributed by atoms with Crippen molar-refractivity contribution in [2.45, 2.75) is 37.3 Å². The third kappa shape index (κ3) is 3.79. The molecule has 1 atom stereocenters. The van der Waals surface area contributed by atoms with Crippen molar-refractivity contribution in [1.82, 2.24) is 30.5 Å². The molecule has 1 saturated heterocycles. The minimum absolute atomic E-state index is 0.0225. The number of carbonyl (C=O) groups is 1. The summed E-state index contributed by atoms with van der Waals surface area (Å²) in [6, 6.07) is 8.63. The molecule has 1 aliphatic rings. The van der Waals surface area contributed by atoms with E-state index in [1.807, 2.05) is 0 Å². The van der Waals surface area contributed by atoms with Crippen molar-refractivity contribution in [1.29, 1.82) is 0 Å². The highest BCUT2D eigenvalue weighted by Gasteiger charge is 2.63. The average molecular weight is 420 g/mol. The van der Waals surface area contributed by atoms with Gasteiger partial charge in [0.25, 0.3) is 0 Å². The van der Waals surface area contributed by atoms with E-state index in [9.17, 15) is 18.0 Å². The normalized spacial score (nSPS) is 19.4. The number of halogens is 3. The van der Waals surface area contributed by atoms with Crippen molar-refractivity contribution in [3.05, 3.63) is 48.1 Å². The molecule has 1 aliphatic heterocycles. The Morgan fingerprint density at radius 3 is 2.77 bits per heavy atom. The first-order chi connectivity index (χ1) is 14.4. The van der Waals surface area contributed by atoms with Crippen LogP contribution in [0.4, 0.5) is 13.2 Å². The molecule has 0 radical (unpaired) electrons. The van der Waals surface area contributed by atoms with Crippen LogP contribution in [-0.4, -0.2) is 55.6 Å². The fourth-order valence-electron chi connectivity index (χ4n) is 3.60. The summed E-state index contributed by atoms with van der Waals surface area (Å²) in [7, 11) is 0. The number of nitrogens with one attached hydrogen (secondary N) is 1. The molecule has 1 unspecified atom stereocenters. The topological polar surface area (TPSA) is 101 Å². The highest BCUT2D eigenvalue weighted by Crippen LogP contribution is 2.47. The van der Waals surface area contributed by atoms with E-state index in [-0.39, 0.29) is 31.1 Å². The summed E-state index contributed by atoms with van der Waals surface area (Å²) in [5.74, 6) is -0.759. The minimum Gasteiger partial charge on any atom is -0.341 e. The van der Waals surface area contributed by atoms with Crippen LogP contribution in [0.1, 0.15) is 30.8 Å². The predicted molar refractivity (Wildman–Crippen MR) is 98.0 cm³/mol. The quantitative estimate of drug-likeness (QED) is 0.658. The molecule has 3 aromatic rings. The monoisotopic (exact) mass is 420 g/mol. The van der Waals surface area contributed by atoms with Gasteiger partial charge in [-0.2, -0.15) is 33.6 Å². The van der Waals surface area contributed by atoms with E-state index in [0.717, 1.165) is 0 Å². The van der Waals surface area contributed by atoms with Crippen LogP contribution in [0.3, 0.4) is 0 Å². The summed E-state index contributed by atoms with van der Waals surface area (Å²) in [5, 5.41) is 13.8. The Kier molecular flexibility index (Phi) is 5.27. The van der Waals surface area contributed by atoms with Crippen LogP contribution < -0.4 is 0 Å². The van der Waals surface area contributed by atoms with Crippen LogP contribution in [0.15, 0.2) is 41.1 Å². The summed E-state index contributed by atoms with van der Waals surface area (Å²) in [6.45, 7) is -0.554. The van der Waals surface area contributed by atoms with Crippen LogP contribution in [0.25, 0.3) is 11.4 Å². The molecule has 3 heterocycles. The summed E-state index contributed by atoms with van der Waals surface area (Å²) in [6.07, 6.45) is -2.29. The molecule has 1 amide bonds. The van der Waals surface area contributed by atoms with E-state index in [0.29, 0.717) is 24.1 Å². The lowest BCUT2D eigenvalue weighted by molar-refractivity contribution is -0.193. The number of hydrogen-bond donors (Lipinski definition) is 1. The van der Waals surface area contributed by atoms with Gasteiger partial charge in [-0.25, -0.2) is 0 Å². The number of benzene rings is 1. The number of aryl methyl sites for hydroxylation is 1. The van der Waals surface area contributed by atoms with Gasteiger partial charge in [-0.1, -0.05) is 35.5 Å². The molecule has 8 nitrogen and oxygen atoms in total. The number of aromatic amines is 1. The van der Waals surface area contributed by atoms with Crippen molar-refractivity contribution >= 4 is 5.91 Å². The van der Waals surface area contributed by atoms with Gasteiger partial charge in [0.15, 0.2) is 5.41 Å². The molecule has 0 aliphatic carbocycles. The molecular formula is C19H19F3N6O2. The maximum atomic E-state index is 14.1. The molecule has 4 rings (SSSR count). The Hall–Kier alpha value is -3.24. The zero-order chi connectivity index (χ0) is 21.2. The molecule has 0 spiro atoms. The van der Waals surface area contributed by atoms with Gasteiger partial charge >= 0.3 is 6.18 Å². The van der Waals surface area contributed by atoms with Gasteiger partial charge in [-0.05, 0) is 19.3 Å². The summed E-state index contributed by atoms with van der Waals surface area (Å²) < 4.78 is 47.4. The third-order valence-electron chi connectivity index (χ3n) is 5.32. The number of aromatic nitrogens is 5. The summed E-state index contributed by atoms with van der Waals surface area (Å²) in [4.78, 5) is 17.8. The Bertz CT molecular complexity index is 989. The lowest BCUT2D eigenvalue weighted by Crippen LogP contribution is -2.46. The van der Waals surface area contributed by atoms with Crippen molar-refractivity contribution in [2.75, 3.05) is 13.1 Å². The van der Waals surface area contributed by atoms with Gasteiger partial charge in [-0.3, -0.25) is 4.79 Å². The van der Waals surface area contributed by atoms with Crippen molar-refractivity contribution in [3.63, 3.8) is 0 Å². The van der Waals surface area contributed by atoms with Crippen molar-refractivity contribution in [3.8, 4) is 11.4 Å². The molecule has 1 N–H and O–H groups in total. The average Bonchev–Trinajstić information content (AvgIpc) is 3.48. The summed E-state index contributed by atoms with van der Waals surface area (Å²) in [5.41, 5.74) is -1.11. The second-order valence-corrected chi connectivity index (χ2v) is 7.25. The predicted octanol–water partition coefficient (Wildman–Crippen LogP) is 2.91. The Morgan fingerprint density at radius 2 is 2.07 bits per heavy atom. The number of rotatable bonds is 6. The number of H-pyrrole nitrogens is 1. The number of alkyl halides is 3. The lowest BCUT2D eigenvalue weighted by Gasteiger charge is -2.28. The molecular weight excluding hydrogens is 401 g/mol. The van der Waals surface area contributed by atoms with Gasteiger partial charge in [0, 0.05) is 25.1 Å². The second-order valence-electron chi connectivity index (χ2n) is 7.25. The first kappa shape index (κ1) is 20.0. The summed E-state index contributed by atoms with van der Waals surface area (Å²) >= 11 is 0. The zero-order valence-electron chi connectivity index (χ0n) is 15.9. The lowest BCUT2D eigenvalue weighted by atomic mass is 9.86. The second kappa shape index (κ2) is 7.88. The zero-order valence-corrected chi connectivity index (χ0v) is 15.9. The molecule has 2 aromatic heterocycles. The molecule has 1 fully saturated rings.